The van der Waals surface area contributed by atoms with Crippen LogP contribution < -0.4 is 10.1 Å². The van der Waals surface area contributed by atoms with Crippen molar-refractivity contribution in [1.82, 2.24) is 30.1 Å². The van der Waals surface area contributed by atoms with E-state index in [1.165, 1.54) is 28.0 Å². The summed E-state index contributed by atoms with van der Waals surface area (Å²) in [5.74, 6) is 0.325. The number of thiazole rings is 1. The van der Waals surface area contributed by atoms with Gasteiger partial charge in [-0.15, -0.1) is 26.6 Å². The molecule has 0 spiro atoms. The minimum atomic E-state index is -0.330. The lowest BCUT2D eigenvalue weighted by Gasteiger charge is -2.08. The van der Waals surface area contributed by atoms with Crippen molar-refractivity contribution in [3.8, 4) is 17.3 Å². The molecule has 5 rings (SSSR count). The average molecular weight is 434 g/mol. The predicted molar refractivity (Wildman–Crippen MR) is 114 cm³/mol. The molecule has 2 aromatic carbocycles. The highest BCUT2D eigenvalue weighted by molar-refractivity contribution is 7.16. The number of nitrogens with zero attached hydrogens (tertiary/aromatic N) is 5. The van der Waals surface area contributed by atoms with Crippen LogP contribution in [0.5, 0.6) is 5.88 Å². The van der Waals surface area contributed by atoms with E-state index >= 15 is 0 Å². The largest absolute Gasteiger partial charge is 0.475 e. The molecular weight excluding hydrogens is 419 g/mol. The van der Waals surface area contributed by atoms with Crippen LogP contribution in [-0.2, 0) is 0 Å². The van der Waals surface area contributed by atoms with Crippen LogP contribution >= 0.6 is 11.3 Å². The van der Waals surface area contributed by atoms with E-state index in [2.05, 4.69) is 25.6 Å². The summed E-state index contributed by atoms with van der Waals surface area (Å²) in [5.41, 5.74) is 4.42. The smallest absolute Gasteiger partial charge is 0.251 e. The minimum Gasteiger partial charge on any atom is -0.475 e. The molecular formula is C21H15FN6O2S. The van der Waals surface area contributed by atoms with Gasteiger partial charge in [-0.25, -0.2) is 9.37 Å². The fourth-order valence-electron chi connectivity index (χ4n) is 3.05. The molecule has 0 fully saturated rings. The van der Waals surface area contributed by atoms with Crippen LogP contribution in [0.3, 0.4) is 0 Å². The van der Waals surface area contributed by atoms with Crippen LogP contribution in [0.1, 0.15) is 10.4 Å². The minimum absolute atomic E-state index is 0.181. The van der Waals surface area contributed by atoms with Crippen LogP contribution in [0.25, 0.3) is 27.3 Å². The zero-order chi connectivity index (χ0) is 21.2. The Hall–Kier alpha value is -3.92. The Bertz CT molecular complexity index is 1380. The third kappa shape index (κ3) is 3.92. The first kappa shape index (κ1) is 19.1. The van der Waals surface area contributed by atoms with Crippen molar-refractivity contribution in [2.24, 2.45) is 0 Å². The lowest BCUT2D eigenvalue weighted by molar-refractivity contribution is 0.0946. The standard InChI is InChI=1S/C21H15FN6O2S/c22-15-4-1-13(2-5-15)20-26-25-18-7-8-19(27-28(18)20)30-10-9-23-21(29)14-3-6-16-17(11-14)31-12-24-16/h1-8,11-12H,9-10H2,(H,23,29). The summed E-state index contributed by atoms with van der Waals surface area (Å²) in [5, 5.41) is 15.4. The van der Waals surface area contributed by atoms with Crippen molar-refractivity contribution in [2.75, 3.05) is 13.2 Å². The van der Waals surface area contributed by atoms with Gasteiger partial charge in [0.25, 0.3) is 5.91 Å². The van der Waals surface area contributed by atoms with Gasteiger partial charge >= 0.3 is 0 Å². The monoisotopic (exact) mass is 434 g/mol. The summed E-state index contributed by atoms with van der Waals surface area (Å²) in [7, 11) is 0. The van der Waals surface area contributed by atoms with Gasteiger partial charge in [0.1, 0.15) is 12.4 Å². The van der Waals surface area contributed by atoms with Crippen molar-refractivity contribution in [3.05, 3.63) is 71.5 Å². The average Bonchev–Trinajstić information content (AvgIpc) is 3.43. The molecule has 0 bridgehead atoms. The van der Waals surface area contributed by atoms with E-state index in [9.17, 15) is 9.18 Å². The molecule has 3 aromatic heterocycles. The molecule has 10 heteroatoms. The Morgan fingerprint density at radius 2 is 1.97 bits per heavy atom. The van der Waals surface area contributed by atoms with Gasteiger partial charge in [-0.05, 0) is 48.5 Å². The number of nitrogens with one attached hydrogen (secondary N) is 1. The van der Waals surface area contributed by atoms with Crippen LogP contribution in [0.15, 0.2) is 60.1 Å². The maximum atomic E-state index is 13.2. The third-order valence-electron chi connectivity index (χ3n) is 4.57. The molecule has 0 saturated carbocycles. The Morgan fingerprint density at radius 3 is 2.84 bits per heavy atom. The first-order valence-corrected chi connectivity index (χ1v) is 10.3. The number of halogens is 1. The highest BCUT2D eigenvalue weighted by Gasteiger charge is 2.11. The first-order valence-electron chi connectivity index (χ1n) is 9.40. The maximum Gasteiger partial charge on any atom is 0.251 e. The summed E-state index contributed by atoms with van der Waals surface area (Å²) in [6.07, 6.45) is 0. The number of fused-ring (bicyclic) bond motifs is 2. The number of hydrogen-bond donors (Lipinski definition) is 1. The highest BCUT2D eigenvalue weighted by Crippen LogP contribution is 2.20. The van der Waals surface area contributed by atoms with E-state index in [4.69, 9.17) is 4.74 Å². The molecule has 0 unspecified atom stereocenters. The summed E-state index contributed by atoms with van der Waals surface area (Å²) >= 11 is 1.49. The van der Waals surface area contributed by atoms with Gasteiger partial charge in [0, 0.05) is 17.2 Å². The second-order valence-electron chi connectivity index (χ2n) is 6.61. The van der Waals surface area contributed by atoms with E-state index in [1.54, 1.807) is 35.8 Å². The maximum absolute atomic E-state index is 13.2. The number of amides is 1. The predicted octanol–water partition coefficient (Wildman–Crippen LogP) is 3.35. The quantitative estimate of drug-likeness (QED) is 0.412. The van der Waals surface area contributed by atoms with E-state index < -0.39 is 0 Å². The Labute approximate surface area is 179 Å². The summed E-state index contributed by atoms with van der Waals surface area (Å²) in [4.78, 5) is 16.5. The van der Waals surface area contributed by atoms with Crippen molar-refractivity contribution in [2.45, 2.75) is 0 Å². The Balaban J connectivity index is 1.23. The number of rotatable bonds is 6. The summed E-state index contributed by atoms with van der Waals surface area (Å²) < 4.78 is 21.4. The molecule has 0 atom stereocenters. The zero-order valence-corrected chi connectivity index (χ0v) is 16.8. The molecule has 0 aliphatic heterocycles. The van der Waals surface area contributed by atoms with Gasteiger partial charge in [-0.1, -0.05) is 0 Å². The first-order chi connectivity index (χ1) is 15.2. The lowest BCUT2D eigenvalue weighted by atomic mass is 10.2. The van der Waals surface area contributed by atoms with Gasteiger partial charge in [-0.3, -0.25) is 4.79 Å². The fourth-order valence-corrected chi connectivity index (χ4v) is 3.76. The molecule has 8 nitrogen and oxygen atoms in total. The number of aromatic nitrogens is 5. The van der Waals surface area contributed by atoms with Gasteiger partial charge in [0.2, 0.25) is 5.88 Å². The van der Waals surface area contributed by atoms with Crippen LogP contribution in [0, 0.1) is 5.82 Å². The highest BCUT2D eigenvalue weighted by atomic mass is 32.1. The van der Waals surface area contributed by atoms with Crippen LogP contribution in [0.2, 0.25) is 0 Å². The van der Waals surface area contributed by atoms with E-state index in [0.717, 1.165) is 10.2 Å². The molecule has 0 aliphatic rings. The van der Waals surface area contributed by atoms with Gasteiger partial charge in [0.05, 0.1) is 22.3 Å². The number of benzene rings is 2. The van der Waals surface area contributed by atoms with E-state index in [0.29, 0.717) is 35.0 Å². The van der Waals surface area contributed by atoms with Crippen molar-refractivity contribution in [3.63, 3.8) is 0 Å². The van der Waals surface area contributed by atoms with Gasteiger partial charge in [-0.2, -0.15) is 4.52 Å². The number of ether oxygens (including phenoxy) is 1. The second-order valence-corrected chi connectivity index (χ2v) is 7.50. The number of carbonyl (C=O) groups excluding carboxylic acids is 1. The SMILES string of the molecule is O=C(NCCOc1ccc2nnc(-c3ccc(F)cc3)n2n1)c1ccc2ncsc2c1. The van der Waals surface area contributed by atoms with Crippen molar-refractivity contribution >= 4 is 33.1 Å². The van der Waals surface area contributed by atoms with Gasteiger partial charge in [0.15, 0.2) is 11.5 Å². The topological polar surface area (TPSA) is 94.3 Å². The van der Waals surface area contributed by atoms with Crippen molar-refractivity contribution in [1.29, 1.82) is 0 Å². The molecule has 0 saturated heterocycles. The summed E-state index contributed by atoms with van der Waals surface area (Å²) in [6, 6.07) is 14.7. The molecule has 154 valence electrons. The normalized spacial score (nSPS) is 11.1. The Kier molecular flexibility index (Phi) is 4.97. The zero-order valence-electron chi connectivity index (χ0n) is 16.0. The van der Waals surface area contributed by atoms with Gasteiger partial charge < -0.3 is 10.1 Å². The second kappa shape index (κ2) is 8.07. The Morgan fingerprint density at radius 1 is 1.10 bits per heavy atom. The third-order valence-corrected chi connectivity index (χ3v) is 5.36. The number of hydrogen-bond acceptors (Lipinski definition) is 7. The molecule has 1 N–H and O–H groups in total. The lowest BCUT2D eigenvalue weighted by Crippen LogP contribution is -2.28. The fraction of sp³-hybridized carbons (Fsp3) is 0.0952. The summed E-state index contributed by atoms with van der Waals surface area (Å²) in [6.45, 7) is 0.549. The molecule has 0 radical (unpaired) electrons. The van der Waals surface area contributed by atoms with Crippen LogP contribution in [0.4, 0.5) is 4.39 Å². The van der Waals surface area contributed by atoms with Crippen molar-refractivity contribution < 1.29 is 13.9 Å². The number of carbonyl (C=O) groups is 1. The van der Waals surface area contributed by atoms with Crippen LogP contribution in [-0.4, -0.2) is 43.9 Å². The molecule has 3 heterocycles. The molecule has 1 amide bonds. The molecule has 31 heavy (non-hydrogen) atoms. The van der Waals surface area contributed by atoms with E-state index in [-0.39, 0.29) is 18.3 Å². The molecule has 0 aliphatic carbocycles. The molecule has 5 aromatic rings. The van der Waals surface area contributed by atoms with E-state index in [1.807, 2.05) is 12.1 Å².